The number of piperidine rings is 1. The molecule has 1 saturated heterocycles. The number of hydrogen-bond acceptors (Lipinski definition) is 2. The molecule has 1 aliphatic heterocycles. The summed E-state index contributed by atoms with van der Waals surface area (Å²) in [6, 6.07) is 0.467. The predicted octanol–water partition coefficient (Wildman–Crippen LogP) is 2.50. The number of likely N-dealkylation sites (tertiary alicyclic amines) is 1. The molecule has 0 spiro atoms. The molecule has 1 heterocycles. The Morgan fingerprint density at radius 1 is 1.40 bits per heavy atom. The highest BCUT2D eigenvalue weighted by molar-refractivity contribution is 5.66. The number of nitrogens with zero attached hydrogens (tertiary/aromatic N) is 1. The Kier molecular flexibility index (Phi) is 4.14. The second kappa shape index (κ2) is 4.97. The first kappa shape index (κ1) is 12.5. The molecule has 0 aromatic heterocycles. The molecule has 1 unspecified atom stereocenters. The maximum atomic E-state index is 10.6. The molecule has 1 fully saturated rings. The number of aliphatic carboxylic acids is 1. The third kappa shape index (κ3) is 3.82. The van der Waals surface area contributed by atoms with Gasteiger partial charge in [0.1, 0.15) is 0 Å². The molecule has 0 aromatic carbocycles. The van der Waals surface area contributed by atoms with Crippen LogP contribution in [0.1, 0.15) is 52.9 Å². The van der Waals surface area contributed by atoms with Gasteiger partial charge in [0.15, 0.2) is 0 Å². The van der Waals surface area contributed by atoms with Crippen molar-refractivity contribution in [1.29, 1.82) is 0 Å². The van der Waals surface area contributed by atoms with E-state index in [0.29, 0.717) is 12.5 Å². The zero-order valence-corrected chi connectivity index (χ0v) is 10.1. The first-order valence-corrected chi connectivity index (χ1v) is 5.90. The van der Waals surface area contributed by atoms with Crippen LogP contribution in [-0.2, 0) is 4.79 Å². The Hall–Kier alpha value is -0.570. The first-order chi connectivity index (χ1) is 6.91. The number of rotatable bonds is 3. The lowest BCUT2D eigenvalue weighted by Gasteiger charge is -2.44. The smallest absolute Gasteiger partial charge is 0.303 e. The predicted molar refractivity (Wildman–Crippen MR) is 61.0 cm³/mol. The van der Waals surface area contributed by atoms with Crippen LogP contribution in [0.15, 0.2) is 0 Å². The van der Waals surface area contributed by atoms with Gasteiger partial charge in [-0.3, -0.25) is 9.69 Å². The van der Waals surface area contributed by atoms with E-state index in [-0.39, 0.29) is 5.54 Å². The highest BCUT2D eigenvalue weighted by Gasteiger charge is 2.30. The number of carboxylic acid groups (broad SMARTS) is 1. The van der Waals surface area contributed by atoms with Crippen LogP contribution in [0.4, 0.5) is 0 Å². The van der Waals surface area contributed by atoms with Gasteiger partial charge in [-0.1, -0.05) is 6.42 Å². The summed E-state index contributed by atoms with van der Waals surface area (Å²) in [5, 5.41) is 8.71. The van der Waals surface area contributed by atoms with Crippen molar-refractivity contribution in [2.45, 2.75) is 64.5 Å². The topological polar surface area (TPSA) is 40.5 Å². The van der Waals surface area contributed by atoms with Gasteiger partial charge in [0.05, 0.1) is 0 Å². The van der Waals surface area contributed by atoms with E-state index in [9.17, 15) is 4.79 Å². The molecule has 0 aliphatic carbocycles. The van der Waals surface area contributed by atoms with Crippen LogP contribution in [0.3, 0.4) is 0 Å². The summed E-state index contributed by atoms with van der Waals surface area (Å²) in [6.07, 6.45) is 4.76. The van der Waals surface area contributed by atoms with Gasteiger partial charge in [0, 0.05) is 18.0 Å². The van der Waals surface area contributed by atoms with Gasteiger partial charge in [-0.05, 0) is 46.6 Å². The molecule has 3 nitrogen and oxygen atoms in total. The number of carboxylic acids is 1. The van der Waals surface area contributed by atoms with Crippen LogP contribution < -0.4 is 0 Å². The van der Waals surface area contributed by atoms with Crippen LogP contribution in [0.25, 0.3) is 0 Å². The monoisotopic (exact) mass is 213 g/mol. The minimum Gasteiger partial charge on any atom is -0.481 e. The zero-order chi connectivity index (χ0) is 11.5. The molecule has 1 rings (SSSR count). The summed E-state index contributed by atoms with van der Waals surface area (Å²) in [5.74, 6) is -0.672. The van der Waals surface area contributed by atoms with Crippen LogP contribution in [0.2, 0.25) is 0 Å². The number of carbonyl (C=O) groups is 1. The fourth-order valence-electron chi connectivity index (χ4n) is 2.47. The van der Waals surface area contributed by atoms with Gasteiger partial charge in [0.25, 0.3) is 0 Å². The van der Waals surface area contributed by atoms with Gasteiger partial charge in [0.2, 0.25) is 0 Å². The molecule has 88 valence electrons. The normalized spacial score (nSPS) is 24.1. The van der Waals surface area contributed by atoms with Crippen molar-refractivity contribution in [3.8, 4) is 0 Å². The maximum absolute atomic E-state index is 10.6. The SMILES string of the molecule is CC(C)(C)N1CCCCC1CCC(=O)O. The van der Waals surface area contributed by atoms with E-state index in [1.54, 1.807) is 0 Å². The molecule has 0 radical (unpaired) electrons. The molecule has 1 aliphatic rings. The van der Waals surface area contributed by atoms with E-state index in [1.807, 2.05) is 0 Å². The largest absolute Gasteiger partial charge is 0.481 e. The summed E-state index contributed by atoms with van der Waals surface area (Å²) in [6.45, 7) is 7.76. The molecule has 1 atom stereocenters. The van der Waals surface area contributed by atoms with Gasteiger partial charge < -0.3 is 5.11 Å². The van der Waals surface area contributed by atoms with E-state index in [2.05, 4.69) is 25.7 Å². The fraction of sp³-hybridized carbons (Fsp3) is 0.917. The van der Waals surface area contributed by atoms with Crippen molar-refractivity contribution >= 4 is 5.97 Å². The van der Waals surface area contributed by atoms with E-state index >= 15 is 0 Å². The zero-order valence-electron chi connectivity index (χ0n) is 10.1. The molecular weight excluding hydrogens is 190 g/mol. The van der Waals surface area contributed by atoms with Crippen LogP contribution in [-0.4, -0.2) is 34.1 Å². The van der Waals surface area contributed by atoms with Gasteiger partial charge >= 0.3 is 5.97 Å². The van der Waals surface area contributed by atoms with Crippen molar-refractivity contribution < 1.29 is 9.90 Å². The molecule has 3 heteroatoms. The van der Waals surface area contributed by atoms with E-state index < -0.39 is 5.97 Å². The van der Waals surface area contributed by atoms with Crippen molar-refractivity contribution in [3.63, 3.8) is 0 Å². The van der Waals surface area contributed by atoms with E-state index in [1.165, 1.54) is 12.8 Å². The van der Waals surface area contributed by atoms with Gasteiger partial charge in [-0.15, -0.1) is 0 Å². The summed E-state index contributed by atoms with van der Waals surface area (Å²) in [5.41, 5.74) is 0.170. The average molecular weight is 213 g/mol. The summed E-state index contributed by atoms with van der Waals surface area (Å²) in [7, 11) is 0. The molecule has 15 heavy (non-hydrogen) atoms. The lowest BCUT2D eigenvalue weighted by molar-refractivity contribution is -0.137. The summed E-state index contributed by atoms with van der Waals surface area (Å²) >= 11 is 0. The standard InChI is InChI=1S/C12H23NO2/c1-12(2,3)13-9-5-4-6-10(13)7-8-11(14)15/h10H,4-9H2,1-3H3,(H,14,15). The molecule has 0 aromatic rings. The molecule has 0 saturated carbocycles. The lowest BCUT2D eigenvalue weighted by Crippen LogP contribution is -2.50. The van der Waals surface area contributed by atoms with Gasteiger partial charge in [-0.25, -0.2) is 0 Å². The van der Waals surface area contributed by atoms with Crippen LogP contribution in [0.5, 0.6) is 0 Å². The van der Waals surface area contributed by atoms with Crippen molar-refractivity contribution in [2.75, 3.05) is 6.54 Å². The lowest BCUT2D eigenvalue weighted by atomic mass is 9.92. The van der Waals surface area contributed by atoms with Crippen molar-refractivity contribution in [2.24, 2.45) is 0 Å². The third-order valence-electron chi connectivity index (χ3n) is 3.18. The third-order valence-corrected chi connectivity index (χ3v) is 3.18. The minimum atomic E-state index is -0.672. The molecular formula is C12H23NO2. The second-order valence-electron chi connectivity index (χ2n) is 5.45. The summed E-state index contributed by atoms with van der Waals surface area (Å²) in [4.78, 5) is 13.1. The Morgan fingerprint density at radius 3 is 2.60 bits per heavy atom. The Labute approximate surface area is 92.5 Å². The quantitative estimate of drug-likeness (QED) is 0.783. The minimum absolute atomic E-state index is 0.170. The highest BCUT2D eigenvalue weighted by Crippen LogP contribution is 2.27. The average Bonchev–Trinajstić information content (AvgIpc) is 2.13. The van der Waals surface area contributed by atoms with Gasteiger partial charge in [-0.2, -0.15) is 0 Å². The van der Waals surface area contributed by atoms with Crippen LogP contribution in [0, 0.1) is 0 Å². The summed E-state index contributed by atoms with van der Waals surface area (Å²) < 4.78 is 0. The molecule has 1 N–H and O–H groups in total. The maximum Gasteiger partial charge on any atom is 0.303 e. The molecule has 0 amide bonds. The Balaban J connectivity index is 2.54. The Bertz CT molecular complexity index is 220. The van der Waals surface area contributed by atoms with Crippen LogP contribution >= 0.6 is 0 Å². The van der Waals surface area contributed by atoms with E-state index in [4.69, 9.17) is 5.11 Å². The molecule has 0 bridgehead atoms. The van der Waals surface area contributed by atoms with E-state index in [0.717, 1.165) is 19.4 Å². The Morgan fingerprint density at radius 2 is 2.07 bits per heavy atom. The number of hydrogen-bond donors (Lipinski definition) is 1. The van der Waals surface area contributed by atoms with Crippen molar-refractivity contribution in [3.05, 3.63) is 0 Å². The van der Waals surface area contributed by atoms with Crippen molar-refractivity contribution in [1.82, 2.24) is 4.90 Å². The second-order valence-corrected chi connectivity index (χ2v) is 5.45. The first-order valence-electron chi connectivity index (χ1n) is 5.90. The highest BCUT2D eigenvalue weighted by atomic mass is 16.4. The fourth-order valence-corrected chi connectivity index (χ4v) is 2.47.